The molecule has 0 bridgehead atoms. The van der Waals surface area contributed by atoms with E-state index in [2.05, 4.69) is 15.2 Å². The molecule has 2 aromatic heterocycles. The lowest BCUT2D eigenvalue weighted by molar-refractivity contribution is -0.144. The molecule has 1 aromatic carbocycles. The second-order valence-electron chi connectivity index (χ2n) is 9.43. The van der Waals surface area contributed by atoms with Gasteiger partial charge in [0.25, 0.3) is 10.0 Å². The molecule has 3 aromatic rings. The summed E-state index contributed by atoms with van der Waals surface area (Å²) >= 11 is 0. The zero-order chi connectivity index (χ0) is 23.9. The molecule has 4 heterocycles. The molecular formula is C25H30N4O4S. The second-order valence-corrected chi connectivity index (χ2v) is 11.2. The number of aromatic nitrogens is 2. The molecule has 34 heavy (non-hydrogen) atoms. The number of carboxylic acids is 1. The van der Waals surface area contributed by atoms with Crippen molar-refractivity contribution in [2.75, 3.05) is 19.6 Å². The topological polar surface area (TPSA) is 105 Å². The maximum Gasteiger partial charge on any atom is 0.307 e. The van der Waals surface area contributed by atoms with E-state index in [0.717, 1.165) is 55.3 Å². The van der Waals surface area contributed by atoms with Gasteiger partial charge in [0.05, 0.1) is 10.8 Å². The number of nitrogens with one attached hydrogen (secondary N) is 1. The van der Waals surface area contributed by atoms with Crippen molar-refractivity contribution in [3.63, 3.8) is 0 Å². The van der Waals surface area contributed by atoms with Crippen molar-refractivity contribution in [1.82, 2.24) is 19.2 Å². The molecular weight excluding hydrogens is 452 g/mol. The monoisotopic (exact) mass is 482 g/mol. The Morgan fingerprint density at radius 2 is 1.97 bits per heavy atom. The van der Waals surface area contributed by atoms with Gasteiger partial charge in [0.2, 0.25) is 0 Å². The van der Waals surface area contributed by atoms with Gasteiger partial charge in [-0.25, -0.2) is 17.4 Å². The second kappa shape index (κ2) is 9.13. The van der Waals surface area contributed by atoms with Crippen molar-refractivity contribution in [3.05, 3.63) is 59.9 Å². The molecule has 0 aliphatic carbocycles. The highest BCUT2D eigenvalue weighted by Crippen LogP contribution is 2.34. The third-order valence-electron chi connectivity index (χ3n) is 7.21. The SMILES string of the molecule is Cc1ccc(S(=O)(=O)n2cc([C@H]3CC(N4CCCC(C(=O)O)C4)CCN3)c3cccnc32)cc1. The Hall–Kier alpha value is -2.75. The van der Waals surface area contributed by atoms with E-state index in [1.807, 2.05) is 19.1 Å². The smallest absolute Gasteiger partial charge is 0.307 e. The maximum atomic E-state index is 13.5. The van der Waals surface area contributed by atoms with Crippen molar-refractivity contribution in [2.24, 2.45) is 5.92 Å². The average molecular weight is 483 g/mol. The number of piperidine rings is 2. The number of hydrogen-bond acceptors (Lipinski definition) is 6. The molecule has 0 saturated carbocycles. The van der Waals surface area contributed by atoms with E-state index in [1.54, 1.807) is 36.7 Å². The van der Waals surface area contributed by atoms with Gasteiger partial charge in [-0.05, 0) is 75.5 Å². The minimum atomic E-state index is -3.80. The Morgan fingerprint density at radius 3 is 2.74 bits per heavy atom. The van der Waals surface area contributed by atoms with E-state index < -0.39 is 16.0 Å². The Morgan fingerprint density at radius 1 is 1.18 bits per heavy atom. The van der Waals surface area contributed by atoms with Crippen molar-refractivity contribution >= 4 is 27.0 Å². The summed E-state index contributed by atoms with van der Waals surface area (Å²) in [6, 6.07) is 10.8. The number of likely N-dealkylation sites (tertiary alicyclic amines) is 1. The standard InChI is InChI=1S/C25H30N4O4S/c1-17-6-8-20(9-7-17)34(32,33)29-16-22(21-5-2-11-27-24(21)29)23-14-19(10-12-26-23)28-13-3-4-18(15-28)25(30)31/h2,5-9,11,16,18-19,23,26H,3-4,10,12-15H2,1H3,(H,30,31)/t18?,19?,23-/m1/s1. The summed E-state index contributed by atoms with van der Waals surface area (Å²) in [5.41, 5.74) is 2.33. The number of aliphatic carboxylic acids is 1. The van der Waals surface area contributed by atoms with Crippen molar-refractivity contribution in [3.8, 4) is 0 Å². The number of rotatable bonds is 5. The predicted molar refractivity (Wildman–Crippen MR) is 129 cm³/mol. The van der Waals surface area contributed by atoms with Gasteiger partial charge >= 0.3 is 5.97 Å². The summed E-state index contributed by atoms with van der Waals surface area (Å²) in [6.45, 7) is 4.21. The number of fused-ring (bicyclic) bond motifs is 1. The molecule has 2 N–H and O–H groups in total. The number of benzene rings is 1. The highest BCUT2D eigenvalue weighted by molar-refractivity contribution is 7.90. The molecule has 2 fully saturated rings. The van der Waals surface area contributed by atoms with Crippen LogP contribution in [0, 0.1) is 12.8 Å². The first-order valence-corrected chi connectivity index (χ1v) is 13.3. The zero-order valence-electron chi connectivity index (χ0n) is 19.2. The van der Waals surface area contributed by atoms with Gasteiger partial charge in [-0.2, -0.15) is 0 Å². The number of aryl methyl sites for hydroxylation is 1. The third kappa shape index (κ3) is 4.23. The van der Waals surface area contributed by atoms with Crippen molar-refractivity contribution in [1.29, 1.82) is 0 Å². The maximum absolute atomic E-state index is 13.5. The number of hydrogen-bond donors (Lipinski definition) is 2. The van der Waals surface area contributed by atoms with E-state index in [4.69, 9.17) is 0 Å². The molecule has 8 nitrogen and oxygen atoms in total. The fraction of sp³-hybridized carbons (Fsp3) is 0.440. The van der Waals surface area contributed by atoms with Gasteiger partial charge in [-0.15, -0.1) is 0 Å². The van der Waals surface area contributed by atoms with Gasteiger partial charge in [0.15, 0.2) is 5.65 Å². The summed E-state index contributed by atoms with van der Waals surface area (Å²) in [4.78, 5) is 18.5. The first kappa shape index (κ1) is 23.0. The molecule has 2 aliphatic heterocycles. The first-order chi connectivity index (χ1) is 16.3. The number of pyridine rings is 1. The highest BCUT2D eigenvalue weighted by atomic mass is 32.2. The summed E-state index contributed by atoms with van der Waals surface area (Å²) in [7, 11) is -3.80. The van der Waals surface area contributed by atoms with Crippen LogP contribution in [0.15, 0.2) is 53.7 Å². The lowest BCUT2D eigenvalue weighted by Crippen LogP contribution is -2.49. The van der Waals surface area contributed by atoms with Crippen LogP contribution >= 0.6 is 0 Å². The van der Waals surface area contributed by atoms with E-state index in [9.17, 15) is 18.3 Å². The number of carbonyl (C=O) groups is 1. The predicted octanol–water partition coefficient (Wildman–Crippen LogP) is 3.17. The first-order valence-electron chi connectivity index (χ1n) is 11.8. The summed E-state index contributed by atoms with van der Waals surface area (Å²) in [5, 5.41) is 13.9. The molecule has 9 heteroatoms. The fourth-order valence-corrected chi connectivity index (χ4v) is 6.68. The minimum absolute atomic E-state index is 0.0369. The molecule has 0 amide bonds. The molecule has 2 saturated heterocycles. The molecule has 2 unspecified atom stereocenters. The van der Waals surface area contributed by atoms with Crippen molar-refractivity contribution in [2.45, 2.75) is 49.6 Å². The average Bonchev–Trinajstić information content (AvgIpc) is 3.25. The van der Waals surface area contributed by atoms with Gasteiger partial charge in [-0.1, -0.05) is 17.7 Å². The van der Waals surface area contributed by atoms with Crippen LogP contribution in [0.4, 0.5) is 0 Å². The van der Waals surface area contributed by atoms with Crippen LogP contribution in [0.25, 0.3) is 11.0 Å². The summed E-state index contributed by atoms with van der Waals surface area (Å²) in [6.07, 6.45) is 6.69. The van der Waals surface area contributed by atoms with Crippen LogP contribution in [0.2, 0.25) is 0 Å². The normalized spacial score (nSPS) is 24.3. The van der Waals surface area contributed by atoms with E-state index in [0.29, 0.717) is 12.2 Å². The Bertz CT molecular complexity index is 1300. The lowest BCUT2D eigenvalue weighted by atomic mass is 9.90. The molecule has 2 aliphatic rings. The van der Waals surface area contributed by atoms with Crippen LogP contribution in [-0.2, 0) is 14.8 Å². The van der Waals surface area contributed by atoms with E-state index in [-0.39, 0.29) is 22.9 Å². The lowest BCUT2D eigenvalue weighted by Gasteiger charge is -2.41. The van der Waals surface area contributed by atoms with Crippen LogP contribution in [0.1, 0.15) is 42.9 Å². The third-order valence-corrected chi connectivity index (χ3v) is 8.87. The molecule has 3 atom stereocenters. The van der Waals surface area contributed by atoms with Gasteiger partial charge < -0.3 is 10.4 Å². The zero-order valence-corrected chi connectivity index (χ0v) is 20.0. The summed E-state index contributed by atoms with van der Waals surface area (Å²) < 4.78 is 28.3. The van der Waals surface area contributed by atoms with E-state index in [1.165, 1.54) is 3.97 Å². The van der Waals surface area contributed by atoms with Crippen molar-refractivity contribution < 1.29 is 18.3 Å². The number of nitrogens with zero attached hydrogens (tertiary/aromatic N) is 3. The van der Waals surface area contributed by atoms with Gasteiger partial charge in [0, 0.05) is 36.4 Å². The van der Waals surface area contributed by atoms with Crippen LogP contribution in [0.3, 0.4) is 0 Å². The fourth-order valence-electron chi connectivity index (χ4n) is 5.35. The van der Waals surface area contributed by atoms with E-state index >= 15 is 0 Å². The Labute approximate surface area is 199 Å². The number of carboxylic acid groups (broad SMARTS) is 1. The molecule has 5 rings (SSSR count). The van der Waals surface area contributed by atoms with Crippen LogP contribution in [-0.4, -0.2) is 59.0 Å². The Balaban J connectivity index is 1.47. The summed E-state index contributed by atoms with van der Waals surface area (Å²) in [5.74, 6) is -1.03. The quantitative estimate of drug-likeness (QED) is 0.576. The van der Waals surface area contributed by atoms with Crippen LogP contribution in [0.5, 0.6) is 0 Å². The van der Waals surface area contributed by atoms with Gasteiger partial charge in [0.1, 0.15) is 0 Å². The molecule has 0 radical (unpaired) electrons. The molecule has 180 valence electrons. The largest absolute Gasteiger partial charge is 0.481 e. The minimum Gasteiger partial charge on any atom is -0.481 e. The highest BCUT2D eigenvalue weighted by Gasteiger charge is 2.34. The van der Waals surface area contributed by atoms with Crippen LogP contribution < -0.4 is 5.32 Å². The Kier molecular flexibility index (Phi) is 6.18. The van der Waals surface area contributed by atoms with Gasteiger partial charge in [-0.3, -0.25) is 9.69 Å². The molecule has 0 spiro atoms.